The number of hydrogen-bond donors (Lipinski definition) is 0. The van der Waals surface area contributed by atoms with Gasteiger partial charge in [-0.25, -0.2) is 4.79 Å². The van der Waals surface area contributed by atoms with E-state index in [0.717, 1.165) is 4.47 Å². The van der Waals surface area contributed by atoms with E-state index in [2.05, 4.69) is 15.9 Å². The van der Waals surface area contributed by atoms with Crippen molar-refractivity contribution in [2.75, 3.05) is 32.8 Å². The standard InChI is InChI=1S/C16H21BrN2O4/c1-3-22-16(21)19-10-8-18(9-11-19)15(20)12(2)23-14-6-4-13(17)5-7-14/h4-7,12H,3,8-11H2,1-2H3. The van der Waals surface area contributed by atoms with Gasteiger partial charge in [-0.05, 0) is 38.1 Å². The molecule has 1 aliphatic rings. The summed E-state index contributed by atoms with van der Waals surface area (Å²) in [5.41, 5.74) is 0. The van der Waals surface area contributed by atoms with E-state index in [0.29, 0.717) is 38.5 Å². The molecule has 0 radical (unpaired) electrons. The molecule has 7 heteroatoms. The molecule has 1 unspecified atom stereocenters. The van der Waals surface area contributed by atoms with E-state index in [1.54, 1.807) is 23.6 Å². The Hall–Kier alpha value is -1.76. The Morgan fingerprint density at radius 3 is 2.26 bits per heavy atom. The quantitative estimate of drug-likeness (QED) is 0.799. The van der Waals surface area contributed by atoms with Crippen LogP contribution >= 0.6 is 15.9 Å². The highest BCUT2D eigenvalue weighted by molar-refractivity contribution is 9.10. The summed E-state index contributed by atoms with van der Waals surface area (Å²) in [6, 6.07) is 7.36. The number of carbonyl (C=O) groups excluding carboxylic acids is 2. The average molecular weight is 385 g/mol. The van der Waals surface area contributed by atoms with E-state index >= 15 is 0 Å². The first kappa shape index (κ1) is 17.6. The lowest BCUT2D eigenvalue weighted by Crippen LogP contribution is -2.53. The SMILES string of the molecule is CCOC(=O)N1CCN(C(=O)C(C)Oc2ccc(Br)cc2)CC1. The molecule has 1 aliphatic heterocycles. The third-order valence-electron chi connectivity index (χ3n) is 3.59. The maximum atomic E-state index is 12.4. The molecule has 0 bridgehead atoms. The number of rotatable bonds is 4. The maximum absolute atomic E-state index is 12.4. The molecule has 2 rings (SSSR count). The normalized spacial score (nSPS) is 16.0. The summed E-state index contributed by atoms with van der Waals surface area (Å²) < 4.78 is 11.6. The summed E-state index contributed by atoms with van der Waals surface area (Å²) in [6.07, 6.45) is -0.885. The second-order valence-corrected chi connectivity index (χ2v) is 6.14. The molecule has 126 valence electrons. The van der Waals surface area contributed by atoms with Gasteiger partial charge >= 0.3 is 6.09 Å². The van der Waals surface area contributed by atoms with Crippen molar-refractivity contribution in [3.63, 3.8) is 0 Å². The van der Waals surface area contributed by atoms with Gasteiger partial charge in [0.25, 0.3) is 5.91 Å². The number of halogens is 1. The Kier molecular flexibility index (Phi) is 6.27. The monoisotopic (exact) mass is 384 g/mol. The molecule has 23 heavy (non-hydrogen) atoms. The molecule has 1 heterocycles. The lowest BCUT2D eigenvalue weighted by molar-refractivity contribution is -0.139. The predicted octanol–water partition coefficient (Wildman–Crippen LogP) is 2.52. The Morgan fingerprint density at radius 1 is 1.13 bits per heavy atom. The van der Waals surface area contributed by atoms with Crippen molar-refractivity contribution in [2.24, 2.45) is 0 Å². The Bertz CT molecular complexity index is 542. The molecular weight excluding hydrogens is 364 g/mol. The van der Waals surface area contributed by atoms with Gasteiger partial charge in [-0.1, -0.05) is 15.9 Å². The second kappa shape index (κ2) is 8.19. The molecule has 0 saturated carbocycles. The molecule has 1 fully saturated rings. The molecule has 1 aromatic carbocycles. The third-order valence-corrected chi connectivity index (χ3v) is 4.12. The average Bonchev–Trinajstić information content (AvgIpc) is 2.56. The van der Waals surface area contributed by atoms with Crippen LogP contribution in [0.15, 0.2) is 28.7 Å². The molecule has 6 nitrogen and oxygen atoms in total. The zero-order valence-corrected chi connectivity index (χ0v) is 14.9. The fourth-order valence-electron chi connectivity index (χ4n) is 2.35. The van der Waals surface area contributed by atoms with Gasteiger partial charge in [0.1, 0.15) is 5.75 Å². The molecule has 0 spiro atoms. The van der Waals surface area contributed by atoms with Gasteiger partial charge in [-0.3, -0.25) is 4.79 Å². The number of hydrogen-bond acceptors (Lipinski definition) is 4. The summed E-state index contributed by atoms with van der Waals surface area (Å²) in [5, 5.41) is 0. The van der Waals surface area contributed by atoms with Gasteiger partial charge < -0.3 is 19.3 Å². The molecule has 0 N–H and O–H groups in total. The van der Waals surface area contributed by atoms with Gasteiger partial charge in [0, 0.05) is 30.7 Å². The smallest absolute Gasteiger partial charge is 0.409 e. The van der Waals surface area contributed by atoms with Crippen LogP contribution in [0, 0.1) is 0 Å². The minimum absolute atomic E-state index is 0.0728. The van der Waals surface area contributed by atoms with Gasteiger partial charge in [0.2, 0.25) is 0 Å². The van der Waals surface area contributed by atoms with E-state index < -0.39 is 6.10 Å². The van der Waals surface area contributed by atoms with E-state index in [1.165, 1.54) is 0 Å². The third kappa shape index (κ3) is 4.86. The van der Waals surface area contributed by atoms with E-state index in [-0.39, 0.29) is 12.0 Å². The van der Waals surface area contributed by atoms with Gasteiger partial charge in [-0.2, -0.15) is 0 Å². The van der Waals surface area contributed by atoms with Crippen LogP contribution < -0.4 is 4.74 Å². The summed E-state index contributed by atoms with van der Waals surface area (Å²) in [4.78, 5) is 27.4. The lowest BCUT2D eigenvalue weighted by atomic mass is 10.2. The largest absolute Gasteiger partial charge is 0.481 e. The number of benzene rings is 1. The van der Waals surface area contributed by atoms with Crippen LogP contribution in [0.5, 0.6) is 5.75 Å². The topological polar surface area (TPSA) is 59.1 Å². The van der Waals surface area contributed by atoms with Crippen molar-refractivity contribution >= 4 is 27.9 Å². The molecular formula is C16H21BrN2O4. The summed E-state index contributed by atoms with van der Waals surface area (Å²) >= 11 is 3.36. The first-order chi connectivity index (χ1) is 11.0. The second-order valence-electron chi connectivity index (χ2n) is 5.23. The van der Waals surface area contributed by atoms with Gasteiger partial charge in [-0.15, -0.1) is 0 Å². The van der Waals surface area contributed by atoms with Gasteiger partial charge in [0.15, 0.2) is 6.10 Å². The Balaban J connectivity index is 1.84. The van der Waals surface area contributed by atoms with E-state index in [4.69, 9.17) is 9.47 Å². The predicted molar refractivity (Wildman–Crippen MR) is 89.4 cm³/mol. The summed E-state index contributed by atoms with van der Waals surface area (Å²) in [5.74, 6) is 0.579. The molecule has 0 aliphatic carbocycles. The van der Waals surface area contributed by atoms with Crippen molar-refractivity contribution in [1.82, 2.24) is 9.80 Å². The number of ether oxygens (including phenoxy) is 2. The molecule has 0 aromatic heterocycles. The number of carbonyl (C=O) groups is 2. The zero-order valence-electron chi connectivity index (χ0n) is 13.3. The van der Waals surface area contributed by atoms with Crippen LogP contribution in [0.3, 0.4) is 0 Å². The highest BCUT2D eigenvalue weighted by atomic mass is 79.9. The van der Waals surface area contributed by atoms with Crippen molar-refractivity contribution in [3.8, 4) is 5.75 Å². The lowest BCUT2D eigenvalue weighted by Gasteiger charge is -2.35. The fraction of sp³-hybridized carbons (Fsp3) is 0.500. The van der Waals surface area contributed by atoms with Crippen molar-refractivity contribution in [1.29, 1.82) is 0 Å². The van der Waals surface area contributed by atoms with Crippen LogP contribution in [0.25, 0.3) is 0 Å². The van der Waals surface area contributed by atoms with Gasteiger partial charge in [0.05, 0.1) is 6.61 Å². The number of nitrogens with zero attached hydrogens (tertiary/aromatic N) is 2. The minimum atomic E-state index is -0.565. The first-order valence-corrected chi connectivity index (χ1v) is 8.43. The van der Waals surface area contributed by atoms with Crippen molar-refractivity contribution in [2.45, 2.75) is 20.0 Å². The molecule has 2 amide bonds. The molecule has 1 aromatic rings. The van der Waals surface area contributed by atoms with Crippen LogP contribution in [-0.4, -0.2) is 60.7 Å². The Labute approximate surface area is 144 Å². The molecule has 1 atom stereocenters. The van der Waals surface area contributed by atoms with Crippen LogP contribution in [0.4, 0.5) is 4.79 Å². The fourth-order valence-corrected chi connectivity index (χ4v) is 2.61. The van der Waals surface area contributed by atoms with E-state index in [9.17, 15) is 9.59 Å². The van der Waals surface area contributed by atoms with Crippen LogP contribution in [0.2, 0.25) is 0 Å². The highest BCUT2D eigenvalue weighted by Gasteiger charge is 2.28. The number of piperazine rings is 1. The number of amides is 2. The summed E-state index contributed by atoms with van der Waals surface area (Å²) in [6.45, 7) is 5.82. The van der Waals surface area contributed by atoms with Crippen LogP contribution in [0.1, 0.15) is 13.8 Å². The first-order valence-electron chi connectivity index (χ1n) is 7.64. The minimum Gasteiger partial charge on any atom is -0.481 e. The maximum Gasteiger partial charge on any atom is 0.409 e. The highest BCUT2D eigenvalue weighted by Crippen LogP contribution is 2.18. The summed E-state index contributed by atoms with van der Waals surface area (Å²) in [7, 11) is 0. The van der Waals surface area contributed by atoms with E-state index in [1.807, 2.05) is 24.3 Å². The van der Waals surface area contributed by atoms with Crippen molar-refractivity contribution < 1.29 is 19.1 Å². The Morgan fingerprint density at radius 2 is 1.70 bits per heavy atom. The molecule has 1 saturated heterocycles. The zero-order chi connectivity index (χ0) is 16.8. The van der Waals surface area contributed by atoms with Crippen LogP contribution in [-0.2, 0) is 9.53 Å². The van der Waals surface area contributed by atoms with Crippen molar-refractivity contribution in [3.05, 3.63) is 28.7 Å².